The average molecular weight is 562 g/mol. The molecule has 0 fully saturated rings. The van der Waals surface area contributed by atoms with Crippen molar-refractivity contribution in [2.45, 2.75) is 42.9 Å². The van der Waals surface area contributed by atoms with E-state index in [1.165, 1.54) is 0 Å². The summed E-state index contributed by atoms with van der Waals surface area (Å²) in [6.45, 7) is 16.6. The van der Waals surface area contributed by atoms with Gasteiger partial charge in [-0.3, -0.25) is 0 Å². The van der Waals surface area contributed by atoms with Crippen LogP contribution in [-0.2, 0) is 17.7 Å². The van der Waals surface area contributed by atoms with Crippen molar-refractivity contribution < 1.29 is 17.7 Å². The molecular weight excluding hydrogens is 524 g/mol. The van der Waals surface area contributed by atoms with E-state index >= 15 is 0 Å². The van der Waals surface area contributed by atoms with Crippen molar-refractivity contribution in [1.82, 2.24) is 0 Å². The van der Waals surface area contributed by atoms with Crippen LogP contribution in [0.15, 0.2) is 115 Å². The van der Waals surface area contributed by atoms with Gasteiger partial charge in [0.05, 0.1) is 0 Å². The zero-order valence-electron chi connectivity index (χ0n) is 21.0. The topological polar surface area (TPSA) is 0 Å². The molecule has 4 heteroatoms. The van der Waals surface area contributed by atoms with Gasteiger partial charge in [0.25, 0.3) is 0 Å². The minimum atomic E-state index is -3.18. The van der Waals surface area contributed by atoms with Gasteiger partial charge in [-0.15, -0.1) is 0 Å². The van der Waals surface area contributed by atoms with Crippen molar-refractivity contribution in [3.8, 4) is 0 Å². The van der Waals surface area contributed by atoms with Gasteiger partial charge < -0.3 is 0 Å². The summed E-state index contributed by atoms with van der Waals surface area (Å²) in [4.78, 5) is 0. The van der Waals surface area contributed by atoms with E-state index in [4.69, 9.17) is 0 Å². The van der Waals surface area contributed by atoms with Crippen LogP contribution in [0.4, 0.5) is 0 Å². The van der Waals surface area contributed by atoms with Crippen LogP contribution in [0, 0.1) is 0 Å². The van der Waals surface area contributed by atoms with Crippen molar-refractivity contribution in [1.29, 1.82) is 0 Å². The van der Waals surface area contributed by atoms with Gasteiger partial charge in [0.2, 0.25) is 0 Å². The molecule has 1 aliphatic carbocycles. The molecule has 0 unspecified atom stereocenters. The second-order valence-electron chi connectivity index (χ2n) is 11.1. The molecule has 0 heterocycles. The van der Waals surface area contributed by atoms with Gasteiger partial charge in [-0.25, -0.2) is 0 Å². The Kier molecular flexibility index (Phi) is 7.04. The fourth-order valence-electron chi connectivity index (χ4n) is 7.56. The van der Waals surface area contributed by atoms with E-state index in [2.05, 4.69) is 155 Å². The number of allylic oxidation sites excluding steroid dienone is 4. The molecule has 0 amide bonds. The fraction of sp³-hybridized carbons (Fsp3) is 0.241. The summed E-state index contributed by atoms with van der Waals surface area (Å²) in [5.41, 5.74) is 0. The number of hydrogen-bond donors (Lipinski definition) is 0. The molecule has 1 aliphatic rings. The summed E-state index contributed by atoms with van der Waals surface area (Å²) in [5.74, 6) is 0. The average Bonchev–Trinajstić information content (AvgIpc) is 3.35. The Morgan fingerprint density at radius 3 is 1.00 bits per heavy atom. The molecule has 0 aromatic heterocycles. The van der Waals surface area contributed by atoms with Gasteiger partial charge >= 0.3 is 207 Å². The molecule has 0 bridgehead atoms. The van der Waals surface area contributed by atoms with E-state index in [-0.39, 0.29) is 0 Å². The van der Waals surface area contributed by atoms with Gasteiger partial charge in [0.15, 0.2) is 0 Å². The first-order chi connectivity index (χ1) is 15.7. The zero-order valence-corrected chi connectivity index (χ0v) is 26.5. The molecule has 0 spiro atoms. The van der Waals surface area contributed by atoms with Crippen molar-refractivity contribution in [2.75, 3.05) is 0 Å². The molecule has 0 radical (unpaired) electrons. The Bertz CT molecular complexity index is 996. The third-order valence-corrected chi connectivity index (χ3v) is 146. The van der Waals surface area contributed by atoms with Crippen LogP contribution in [0.5, 0.6) is 0 Å². The van der Waals surface area contributed by atoms with Crippen LogP contribution in [0.25, 0.3) is 0 Å². The molecule has 33 heavy (non-hydrogen) atoms. The van der Waals surface area contributed by atoms with Gasteiger partial charge in [-0.05, 0) is 0 Å². The van der Waals surface area contributed by atoms with Crippen LogP contribution in [0.3, 0.4) is 0 Å². The Morgan fingerprint density at radius 1 is 0.455 bits per heavy atom. The molecular formula is C29H38Si3Zr. The Hall–Kier alpha value is -1.33. The summed E-state index contributed by atoms with van der Waals surface area (Å²) in [5, 5.41) is -0.440. The Morgan fingerprint density at radius 2 is 0.727 bits per heavy atom. The quantitative estimate of drug-likeness (QED) is 0.293. The number of rotatable bonds is 7. The van der Waals surface area contributed by atoms with E-state index in [0.29, 0.717) is 3.63 Å². The van der Waals surface area contributed by atoms with Crippen LogP contribution in [-0.4, -0.2) is 15.6 Å². The van der Waals surface area contributed by atoms with E-state index in [9.17, 15) is 0 Å². The summed E-state index contributed by atoms with van der Waals surface area (Å²) in [6, 6.07) is 35.2. The molecule has 170 valence electrons. The van der Waals surface area contributed by atoms with Gasteiger partial charge in [0, 0.05) is 0 Å². The molecule has 0 nitrogen and oxygen atoms in total. The summed E-state index contributed by atoms with van der Waals surface area (Å²) < 4.78 is 0.671. The predicted molar refractivity (Wildman–Crippen MR) is 153 cm³/mol. The number of benzene rings is 3. The van der Waals surface area contributed by atoms with Gasteiger partial charge in [-0.1, -0.05) is 0 Å². The third kappa shape index (κ3) is 3.88. The summed E-state index contributed by atoms with van der Waals surface area (Å²) in [7, 11) is 0. The van der Waals surface area contributed by atoms with E-state index in [1.54, 1.807) is 15.6 Å². The maximum absolute atomic E-state index is 3.18. The zero-order chi connectivity index (χ0) is 23.7. The summed E-state index contributed by atoms with van der Waals surface area (Å²) in [6.07, 6.45) is 9.97. The van der Waals surface area contributed by atoms with Crippen molar-refractivity contribution in [3.05, 3.63) is 115 Å². The van der Waals surface area contributed by atoms with Crippen molar-refractivity contribution in [3.63, 3.8) is 0 Å². The fourth-order valence-corrected chi connectivity index (χ4v) is 190. The monoisotopic (exact) mass is 560 g/mol. The van der Waals surface area contributed by atoms with Crippen LogP contribution in [0.1, 0.15) is 0 Å². The molecule has 4 rings (SSSR count). The molecule has 0 N–H and O–H groups in total. The first-order valence-electron chi connectivity index (χ1n) is 12.2. The van der Waals surface area contributed by atoms with Crippen molar-refractivity contribution in [2.24, 2.45) is 0 Å². The normalized spacial score (nSPS) is 15.2. The van der Waals surface area contributed by atoms with Gasteiger partial charge in [-0.2, -0.15) is 0 Å². The third-order valence-electron chi connectivity index (χ3n) is 8.69. The Balaban J connectivity index is 2.14. The molecule has 0 atom stereocenters. The molecule has 0 saturated heterocycles. The van der Waals surface area contributed by atoms with Crippen LogP contribution < -0.4 is 15.6 Å². The maximum atomic E-state index is 2.77. The second kappa shape index (κ2) is 9.38. The van der Waals surface area contributed by atoms with Crippen molar-refractivity contribution >= 4 is 31.2 Å². The predicted octanol–water partition coefficient (Wildman–Crippen LogP) is 6.39. The van der Waals surface area contributed by atoms with Crippen LogP contribution in [0.2, 0.25) is 42.9 Å². The number of hydrogen-bond acceptors (Lipinski definition) is 0. The second-order valence-corrected chi connectivity index (χ2v) is 78.7. The first kappa shape index (κ1) is 24.8. The first-order valence-corrected chi connectivity index (χ1v) is 33.7. The molecule has 3 aromatic rings. The Labute approximate surface area is 205 Å². The van der Waals surface area contributed by atoms with E-state index in [0.717, 1.165) is 0 Å². The molecule has 3 aromatic carbocycles. The molecule has 0 saturated carbocycles. The van der Waals surface area contributed by atoms with Crippen LogP contribution >= 0.6 is 0 Å². The SMILES string of the molecule is C[Si](C)(c1ccccc1)[Zr]([CH]1C=CC=C1)([Si](C)(C)c1ccccc1)[Si](C)(C)c1ccccc1. The molecule has 0 aliphatic heterocycles. The standard InChI is InChI=1S/3C8H11Si.C5H5.Zr/c3*1-9(2)8-6-4-3-5-7-8;1-2-4-5-3-1;/h3*3-7H,1-2H3;1-5H;. The van der Waals surface area contributed by atoms with E-state index in [1.807, 2.05) is 0 Å². The van der Waals surface area contributed by atoms with Gasteiger partial charge in [0.1, 0.15) is 0 Å². The summed E-state index contributed by atoms with van der Waals surface area (Å²) >= 11 is -3.18. The van der Waals surface area contributed by atoms with E-state index < -0.39 is 33.3 Å². The minimum absolute atomic E-state index is 0.671.